The minimum absolute atomic E-state index is 0.207. The number of carbonyl (C=O) groups excluding carboxylic acids is 1. The second kappa shape index (κ2) is 9.46. The molecule has 0 saturated carbocycles. The van der Waals surface area contributed by atoms with E-state index in [1.54, 1.807) is 13.8 Å². The predicted molar refractivity (Wildman–Crippen MR) is 124 cm³/mol. The number of nitrogens with zero attached hydrogens (tertiary/aromatic N) is 2. The summed E-state index contributed by atoms with van der Waals surface area (Å²) in [5, 5.41) is -0.520. The van der Waals surface area contributed by atoms with Crippen LogP contribution in [0.2, 0.25) is 0 Å². The molecule has 0 atom stereocenters. The predicted octanol–water partition coefficient (Wildman–Crippen LogP) is 4.28. The summed E-state index contributed by atoms with van der Waals surface area (Å²) in [4.78, 5) is 18.1. The summed E-state index contributed by atoms with van der Waals surface area (Å²) in [6.07, 6.45) is 0. The Morgan fingerprint density at radius 3 is 2.45 bits per heavy atom. The van der Waals surface area contributed by atoms with Crippen molar-refractivity contribution >= 4 is 37.3 Å². The molecule has 0 radical (unpaired) electrons. The molecular formula is C23H28N2O4S2. The number of aromatic nitrogens is 1. The zero-order valence-electron chi connectivity index (χ0n) is 18.5. The smallest absolute Gasteiger partial charge is 0.279 e. The number of fused-ring (bicyclic) bond motifs is 1. The van der Waals surface area contributed by atoms with E-state index in [1.165, 1.54) is 35.6 Å². The lowest BCUT2D eigenvalue weighted by Gasteiger charge is -2.08. The topological polar surface area (TPSA) is 77.7 Å². The number of benzene rings is 2. The number of rotatable bonds is 7. The molecule has 0 aliphatic rings. The molecule has 3 aromatic rings. The molecule has 0 N–H and O–H groups in total. The summed E-state index contributed by atoms with van der Waals surface area (Å²) in [5.41, 5.74) is 3.67. The maximum atomic E-state index is 12.9. The van der Waals surface area contributed by atoms with E-state index in [9.17, 15) is 13.2 Å². The molecule has 0 aliphatic heterocycles. The van der Waals surface area contributed by atoms with Crippen LogP contribution in [-0.2, 0) is 21.1 Å². The molecule has 31 heavy (non-hydrogen) atoms. The molecule has 0 bridgehead atoms. The van der Waals surface area contributed by atoms with Crippen LogP contribution in [0.4, 0.5) is 0 Å². The standard InChI is InChI=1S/C23H28N2O4S2/c1-6-29-12-11-25-20-14-16(4)13-17(5)21(20)30-23(25)24-22(26)18-7-9-19(10-8-18)31(27,28)15(2)3/h7-10,13-15H,6,11-12H2,1-5H3. The second-order valence-corrected chi connectivity index (χ2v) is 11.2. The van der Waals surface area contributed by atoms with Gasteiger partial charge in [-0.15, -0.1) is 0 Å². The average molecular weight is 461 g/mol. The molecule has 0 spiro atoms. The Bertz CT molecular complexity index is 1270. The summed E-state index contributed by atoms with van der Waals surface area (Å²) in [7, 11) is -3.38. The van der Waals surface area contributed by atoms with Gasteiger partial charge in [0.15, 0.2) is 14.6 Å². The third-order valence-corrected chi connectivity index (χ3v) is 8.43. The number of aryl methyl sites for hydroxylation is 2. The lowest BCUT2D eigenvalue weighted by atomic mass is 10.1. The van der Waals surface area contributed by atoms with Gasteiger partial charge in [-0.2, -0.15) is 4.99 Å². The van der Waals surface area contributed by atoms with Crippen LogP contribution in [0.3, 0.4) is 0 Å². The molecule has 0 saturated heterocycles. The number of hydrogen-bond donors (Lipinski definition) is 0. The fourth-order valence-corrected chi connectivity index (χ4v) is 5.49. The molecule has 2 aromatic carbocycles. The number of sulfone groups is 1. The van der Waals surface area contributed by atoms with Gasteiger partial charge in [0.2, 0.25) is 0 Å². The van der Waals surface area contributed by atoms with Crippen molar-refractivity contribution in [2.24, 2.45) is 4.99 Å². The van der Waals surface area contributed by atoms with Gasteiger partial charge in [-0.3, -0.25) is 4.79 Å². The van der Waals surface area contributed by atoms with Crippen molar-refractivity contribution in [1.29, 1.82) is 0 Å². The molecule has 0 fully saturated rings. The monoisotopic (exact) mass is 460 g/mol. The molecule has 1 aromatic heterocycles. The summed E-state index contributed by atoms with van der Waals surface area (Å²) >= 11 is 1.48. The number of carbonyl (C=O) groups is 1. The largest absolute Gasteiger partial charge is 0.380 e. The van der Waals surface area contributed by atoms with Crippen LogP contribution in [-0.4, -0.2) is 37.4 Å². The van der Waals surface area contributed by atoms with Crippen LogP contribution in [0.1, 0.15) is 42.3 Å². The van der Waals surface area contributed by atoms with E-state index in [0.717, 1.165) is 21.3 Å². The van der Waals surface area contributed by atoms with Gasteiger partial charge in [0.25, 0.3) is 5.91 Å². The highest BCUT2D eigenvalue weighted by molar-refractivity contribution is 7.92. The van der Waals surface area contributed by atoms with E-state index in [0.29, 0.717) is 30.1 Å². The van der Waals surface area contributed by atoms with Crippen molar-refractivity contribution in [1.82, 2.24) is 4.57 Å². The Morgan fingerprint density at radius 1 is 1.16 bits per heavy atom. The van der Waals surface area contributed by atoms with Crippen LogP contribution >= 0.6 is 11.3 Å². The van der Waals surface area contributed by atoms with Crippen LogP contribution < -0.4 is 4.80 Å². The third kappa shape index (κ3) is 4.97. The summed E-state index contributed by atoms with van der Waals surface area (Å²) in [6.45, 7) is 11.1. The molecule has 8 heteroatoms. The Hall–Kier alpha value is -2.29. The van der Waals surface area contributed by atoms with E-state index in [4.69, 9.17) is 4.74 Å². The third-order valence-electron chi connectivity index (χ3n) is 5.03. The van der Waals surface area contributed by atoms with Gasteiger partial charge in [-0.1, -0.05) is 17.4 Å². The Labute approximate surface area is 187 Å². The first kappa shape index (κ1) is 23.4. The highest BCUT2D eigenvalue weighted by atomic mass is 32.2. The van der Waals surface area contributed by atoms with Crippen LogP contribution in [0.15, 0.2) is 46.3 Å². The fraction of sp³-hybridized carbons (Fsp3) is 0.391. The zero-order chi connectivity index (χ0) is 22.8. The van der Waals surface area contributed by atoms with Crippen LogP contribution in [0, 0.1) is 13.8 Å². The van der Waals surface area contributed by atoms with Crippen LogP contribution in [0.5, 0.6) is 0 Å². The highest BCUT2D eigenvalue weighted by Gasteiger charge is 2.19. The maximum absolute atomic E-state index is 12.9. The molecule has 3 rings (SSSR count). The average Bonchev–Trinajstić information content (AvgIpc) is 3.05. The minimum atomic E-state index is -3.38. The zero-order valence-corrected chi connectivity index (χ0v) is 20.1. The number of hydrogen-bond acceptors (Lipinski definition) is 5. The number of amides is 1. The summed E-state index contributed by atoms with van der Waals surface area (Å²) in [6, 6.07) is 10.2. The van der Waals surface area contributed by atoms with Crippen molar-refractivity contribution in [3.05, 3.63) is 57.9 Å². The van der Waals surface area contributed by atoms with Gasteiger partial charge in [0.05, 0.1) is 27.0 Å². The van der Waals surface area contributed by atoms with Crippen molar-refractivity contribution in [3.8, 4) is 0 Å². The van der Waals surface area contributed by atoms with E-state index in [1.807, 2.05) is 18.4 Å². The van der Waals surface area contributed by atoms with E-state index in [-0.39, 0.29) is 4.90 Å². The van der Waals surface area contributed by atoms with Crippen molar-refractivity contribution in [3.63, 3.8) is 0 Å². The highest BCUT2D eigenvalue weighted by Crippen LogP contribution is 2.24. The first-order valence-electron chi connectivity index (χ1n) is 10.3. The lowest BCUT2D eigenvalue weighted by Crippen LogP contribution is -2.20. The van der Waals surface area contributed by atoms with Gasteiger partial charge < -0.3 is 9.30 Å². The van der Waals surface area contributed by atoms with Crippen LogP contribution in [0.25, 0.3) is 10.2 Å². The lowest BCUT2D eigenvalue weighted by molar-refractivity contribution is 0.0996. The van der Waals surface area contributed by atoms with E-state index in [2.05, 4.69) is 24.0 Å². The number of thiazole rings is 1. The van der Waals surface area contributed by atoms with E-state index < -0.39 is 21.0 Å². The molecule has 1 amide bonds. The van der Waals surface area contributed by atoms with Crippen molar-refractivity contribution < 1.29 is 17.9 Å². The Kier molecular flexibility index (Phi) is 7.13. The molecule has 1 heterocycles. The van der Waals surface area contributed by atoms with Gasteiger partial charge in [0, 0.05) is 18.7 Å². The fourth-order valence-electron chi connectivity index (χ4n) is 3.32. The Balaban J connectivity index is 2.04. The van der Waals surface area contributed by atoms with Gasteiger partial charge in [-0.05, 0) is 76.1 Å². The second-order valence-electron chi connectivity index (χ2n) is 7.70. The molecule has 0 unspecified atom stereocenters. The van der Waals surface area contributed by atoms with Crippen molar-refractivity contribution in [2.75, 3.05) is 13.2 Å². The first-order chi connectivity index (χ1) is 14.6. The first-order valence-corrected chi connectivity index (χ1v) is 12.6. The number of ether oxygens (including phenoxy) is 1. The van der Waals surface area contributed by atoms with Gasteiger partial charge >= 0.3 is 0 Å². The SMILES string of the molecule is CCOCCn1c(=NC(=O)c2ccc(S(=O)(=O)C(C)C)cc2)sc2c(C)cc(C)cc21. The minimum Gasteiger partial charge on any atom is -0.380 e. The van der Waals surface area contributed by atoms with E-state index >= 15 is 0 Å². The molecular weight excluding hydrogens is 432 g/mol. The van der Waals surface area contributed by atoms with Gasteiger partial charge in [-0.25, -0.2) is 8.42 Å². The molecule has 6 nitrogen and oxygen atoms in total. The normalized spacial score (nSPS) is 12.8. The summed E-state index contributed by atoms with van der Waals surface area (Å²) < 4.78 is 33.3. The van der Waals surface area contributed by atoms with Gasteiger partial charge in [0.1, 0.15) is 0 Å². The summed E-state index contributed by atoms with van der Waals surface area (Å²) in [5.74, 6) is -0.403. The Morgan fingerprint density at radius 2 is 1.84 bits per heavy atom. The van der Waals surface area contributed by atoms with Crippen molar-refractivity contribution in [2.45, 2.75) is 51.3 Å². The molecule has 166 valence electrons. The quantitative estimate of drug-likeness (QED) is 0.493. The molecule has 0 aliphatic carbocycles. The maximum Gasteiger partial charge on any atom is 0.279 e.